The molecule has 1 aliphatic rings. The highest BCUT2D eigenvalue weighted by Crippen LogP contribution is 2.25. The molecule has 4 rings (SSSR count). The van der Waals surface area contributed by atoms with Crippen molar-refractivity contribution in [2.75, 3.05) is 17.2 Å². The Labute approximate surface area is 189 Å². The highest BCUT2D eigenvalue weighted by atomic mass is 16.5. The summed E-state index contributed by atoms with van der Waals surface area (Å²) in [6.07, 6.45) is -0.408. The van der Waals surface area contributed by atoms with E-state index >= 15 is 0 Å². The minimum absolute atomic E-state index is 0.120. The zero-order valence-electron chi connectivity index (χ0n) is 18.1. The molecule has 9 nitrogen and oxygen atoms in total. The molecule has 1 atom stereocenters. The van der Waals surface area contributed by atoms with Gasteiger partial charge in [0.2, 0.25) is 0 Å². The molecule has 0 saturated carbocycles. The van der Waals surface area contributed by atoms with Crippen LogP contribution in [0.1, 0.15) is 34.8 Å². The SMILES string of the molecule is CCCN(C(=O)C1Cc2ccccc2C(=O)O1)c1c(N)n(Cc2ccccc2)c(=O)[nH]c1=O. The lowest BCUT2D eigenvalue weighted by Crippen LogP contribution is -2.48. The summed E-state index contributed by atoms with van der Waals surface area (Å²) in [5, 5.41) is 0. The number of rotatable bonds is 6. The number of nitrogens with zero attached hydrogens (tertiary/aromatic N) is 2. The van der Waals surface area contributed by atoms with Gasteiger partial charge < -0.3 is 15.4 Å². The van der Waals surface area contributed by atoms with Gasteiger partial charge in [0.1, 0.15) is 5.82 Å². The van der Waals surface area contributed by atoms with Gasteiger partial charge in [-0.1, -0.05) is 55.5 Å². The van der Waals surface area contributed by atoms with Crippen molar-refractivity contribution in [3.63, 3.8) is 0 Å². The number of benzene rings is 2. The lowest BCUT2D eigenvalue weighted by atomic mass is 9.98. The summed E-state index contributed by atoms with van der Waals surface area (Å²) in [5.74, 6) is -1.29. The molecule has 1 amide bonds. The summed E-state index contributed by atoms with van der Waals surface area (Å²) < 4.78 is 6.61. The van der Waals surface area contributed by atoms with Crippen LogP contribution in [0.15, 0.2) is 64.2 Å². The quantitative estimate of drug-likeness (QED) is 0.553. The standard InChI is InChI=1S/C24H24N4O5/c1-2-12-27(22(30)18-13-16-10-6-7-11-17(16)23(31)33-18)19-20(25)28(24(32)26-21(19)29)14-15-8-4-3-5-9-15/h3-11,18H,2,12-14,25H2,1H3,(H,26,29,32). The lowest BCUT2D eigenvalue weighted by Gasteiger charge is -2.30. The van der Waals surface area contributed by atoms with Crippen molar-refractivity contribution >= 4 is 23.4 Å². The molecule has 9 heteroatoms. The molecule has 0 spiro atoms. The number of hydrogen-bond donors (Lipinski definition) is 2. The number of nitrogens with one attached hydrogen (secondary N) is 1. The Bertz CT molecular complexity index is 1310. The average molecular weight is 448 g/mol. The van der Waals surface area contributed by atoms with Gasteiger partial charge in [-0.3, -0.25) is 19.1 Å². The van der Waals surface area contributed by atoms with Gasteiger partial charge in [0.05, 0.1) is 12.1 Å². The zero-order chi connectivity index (χ0) is 23.5. The molecule has 3 N–H and O–H groups in total. The van der Waals surface area contributed by atoms with Crippen molar-refractivity contribution in [3.8, 4) is 0 Å². The third-order valence-electron chi connectivity index (χ3n) is 5.55. The number of aromatic nitrogens is 2. The maximum atomic E-state index is 13.5. The molecule has 2 aromatic carbocycles. The number of anilines is 2. The predicted octanol–water partition coefficient (Wildman–Crippen LogP) is 1.69. The van der Waals surface area contributed by atoms with Crippen molar-refractivity contribution in [1.29, 1.82) is 0 Å². The van der Waals surface area contributed by atoms with Crippen molar-refractivity contribution < 1.29 is 14.3 Å². The summed E-state index contributed by atoms with van der Waals surface area (Å²) >= 11 is 0. The van der Waals surface area contributed by atoms with E-state index in [1.54, 1.807) is 24.3 Å². The molecule has 3 aromatic rings. The molecule has 33 heavy (non-hydrogen) atoms. The van der Waals surface area contributed by atoms with Gasteiger partial charge >= 0.3 is 11.7 Å². The fourth-order valence-corrected chi connectivity index (χ4v) is 3.96. The van der Waals surface area contributed by atoms with Gasteiger partial charge in [-0.25, -0.2) is 9.59 Å². The highest BCUT2D eigenvalue weighted by Gasteiger charge is 2.36. The summed E-state index contributed by atoms with van der Waals surface area (Å²) in [6, 6.07) is 16.1. The van der Waals surface area contributed by atoms with E-state index in [1.807, 2.05) is 37.3 Å². The molecule has 0 saturated heterocycles. The third-order valence-corrected chi connectivity index (χ3v) is 5.55. The largest absolute Gasteiger partial charge is 0.448 e. The van der Waals surface area contributed by atoms with E-state index in [2.05, 4.69) is 4.98 Å². The normalized spacial score (nSPS) is 14.9. The molecule has 0 bridgehead atoms. The number of cyclic esters (lactones) is 1. The van der Waals surface area contributed by atoms with Crippen molar-refractivity contribution in [2.24, 2.45) is 0 Å². The maximum Gasteiger partial charge on any atom is 0.339 e. The molecule has 1 aliphatic heterocycles. The second-order valence-corrected chi connectivity index (χ2v) is 7.81. The van der Waals surface area contributed by atoms with Crippen LogP contribution in [0.25, 0.3) is 0 Å². The lowest BCUT2D eigenvalue weighted by molar-refractivity contribution is -0.127. The van der Waals surface area contributed by atoms with Crippen LogP contribution in [-0.2, 0) is 22.5 Å². The smallest absolute Gasteiger partial charge is 0.339 e. The molecule has 0 fully saturated rings. The van der Waals surface area contributed by atoms with E-state index in [4.69, 9.17) is 10.5 Å². The van der Waals surface area contributed by atoms with E-state index in [-0.39, 0.29) is 31.0 Å². The van der Waals surface area contributed by atoms with E-state index in [0.717, 1.165) is 5.56 Å². The summed E-state index contributed by atoms with van der Waals surface area (Å²) in [6.45, 7) is 2.12. The first-order chi connectivity index (χ1) is 15.9. The number of fused-ring (bicyclic) bond motifs is 1. The number of amides is 1. The van der Waals surface area contributed by atoms with Gasteiger partial charge in [-0.05, 0) is 23.6 Å². The average Bonchev–Trinajstić information content (AvgIpc) is 2.81. The number of H-pyrrole nitrogens is 1. The number of hydrogen-bond acceptors (Lipinski definition) is 6. The van der Waals surface area contributed by atoms with Crippen LogP contribution in [0.4, 0.5) is 11.5 Å². The molecule has 1 unspecified atom stereocenters. The Morgan fingerprint density at radius 1 is 1.12 bits per heavy atom. The van der Waals surface area contributed by atoms with E-state index in [9.17, 15) is 19.2 Å². The zero-order valence-corrected chi connectivity index (χ0v) is 18.1. The minimum Gasteiger partial charge on any atom is -0.448 e. The van der Waals surface area contributed by atoms with Gasteiger partial charge in [0.25, 0.3) is 11.5 Å². The summed E-state index contributed by atoms with van der Waals surface area (Å²) in [4.78, 5) is 54.6. The number of aromatic amines is 1. The fourth-order valence-electron chi connectivity index (χ4n) is 3.96. The molecule has 2 heterocycles. The van der Waals surface area contributed by atoms with Crippen LogP contribution >= 0.6 is 0 Å². The number of nitrogen functional groups attached to an aromatic ring is 1. The first kappa shape index (κ1) is 22.1. The molecule has 0 radical (unpaired) electrons. The van der Waals surface area contributed by atoms with Gasteiger partial charge in [0.15, 0.2) is 11.8 Å². The Hall–Kier alpha value is -4.14. The van der Waals surface area contributed by atoms with Crippen LogP contribution in [0.2, 0.25) is 0 Å². The Kier molecular flexibility index (Phi) is 6.12. The van der Waals surface area contributed by atoms with Gasteiger partial charge in [0, 0.05) is 13.0 Å². The van der Waals surface area contributed by atoms with Crippen molar-refractivity contribution in [3.05, 3.63) is 92.1 Å². The summed E-state index contributed by atoms with van der Waals surface area (Å²) in [5.41, 5.74) is 6.61. The number of esters is 1. The van der Waals surface area contributed by atoms with Crippen molar-refractivity contribution in [2.45, 2.75) is 32.4 Å². The molecular weight excluding hydrogens is 424 g/mol. The van der Waals surface area contributed by atoms with Gasteiger partial charge in [-0.15, -0.1) is 0 Å². The molecule has 170 valence electrons. The first-order valence-electron chi connectivity index (χ1n) is 10.7. The van der Waals surface area contributed by atoms with Crippen molar-refractivity contribution in [1.82, 2.24) is 9.55 Å². The maximum absolute atomic E-state index is 13.5. The molecule has 0 aliphatic carbocycles. The number of carbonyl (C=O) groups is 2. The fraction of sp³-hybridized carbons (Fsp3) is 0.250. The van der Waals surface area contributed by atoms with E-state index < -0.39 is 29.2 Å². The second-order valence-electron chi connectivity index (χ2n) is 7.81. The first-order valence-corrected chi connectivity index (χ1v) is 10.7. The molecule has 1 aromatic heterocycles. The topological polar surface area (TPSA) is 127 Å². The van der Waals surface area contributed by atoms with Crippen LogP contribution in [0, 0.1) is 0 Å². The Morgan fingerprint density at radius 2 is 1.82 bits per heavy atom. The number of ether oxygens (including phenoxy) is 1. The second kappa shape index (κ2) is 9.15. The van der Waals surface area contributed by atoms with Crippen LogP contribution in [0.3, 0.4) is 0 Å². The Balaban J connectivity index is 1.73. The summed E-state index contributed by atoms with van der Waals surface area (Å²) in [7, 11) is 0. The number of carbonyl (C=O) groups excluding carboxylic acids is 2. The van der Waals surface area contributed by atoms with E-state index in [0.29, 0.717) is 17.5 Å². The third kappa shape index (κ3) is 4.30. The Morgan fingerprint density at radius 3 is 2.55 bits per heavy atom. The van der Waals surface area contributed by atoms with Crippen LogP contribution in [0.5, 0.6) is 0 Å². The van der Waals surface area contributed by atoms with E-state index in [1.165, 1.54) is 9.47 Å². The predicted molar refractivity (Wildman–Crippen MR) is 123 cm³/mol. The van der Waals surface area contributed by atoms with Gasteiger partial charge in [-0.2, -0.15) is 0 Å². The highest BCUT2D eigenvalue weighted by molar-refractivity contribution is 6.02. The number of nitrogens with two attached hydrogens (primary N) is 1. The van der Waals surface area contributed by atoms with Crippen LogP contribution in [-0.4, -0.2) is 34.1 Å². The monoisotopic (exact) mass is 448 g/mol. The minimum atomic E-state index is -1.10. The van der Waals surface area contributed by atoms with Crippen LogP contribution < -0.4 is 21.9 Å². The molecular formula is C24H24N4O5.